The van der Waals surface area contributed by atoms with Crippen molar-refractivity contribution in [3.63, 3.8) is 0 Å². The van der Waals surface area contributed by atoms with Gasteiger partial charge in [0.15, 0.2) is 0 Å². The van der Waals surface area contributed by atoms with Crippen LogP contribution in [0.25, 0.3) is 22.3 Å². The third kappa shape index (κ3) is 3.29. The summed E-state index contributed by atoms with van der Waals surface area (Å²) < 4.78 is 7.24. The van der Waals surface area contributed by atoms with E-state index < -0.39 is 0 Å². The molecule has 3 aromatic rings. The first-order valence-electron chi connectivity index (χ1n) is 11.0. The minimum Gasteiger partial charge on any atom is -0.377 e. The first-order valence-corrected chi connectivity index (χ1v) is 11.0. The maximum absolute atomic E-state index is 9.84. The van der Waals surface area contributed by atoms with Gasteiger partial charge in [-0.2, -0.15) is 10.4 Å². The summed E-state index contributed by atoms with van der Waals surface area (Å²) in [5.74, 6) is 0.998. The fourth-order valence-corrected chi connectivity index (χ4v) is 5.04. The van der Waals surface area contributed by atoms with Crippen molar-refractivity contribution in [2.45, 2.75) is 31.3 Å². The lowest BCUT2D eigenvalue weighted by Gasteiger charge is -2.33. The van der Waals surface area contributed by atoms with Crippen LogP contribution in [0.3, 0.4) is 0 Å². The average Bonchev–Trinajstić information content (AvgIpc) is 3.37. The Hall–Kier alpha value is -3.21. The number of nitrogens with one attached hydrogen (secondary N) is 1. The van der Waals surface area contributed by atoms with Crippen LogP contribution >= 0.6 is 0 Å². The number of nitriles is 1. The molecule has 7 nitrogen and oxygen atoms in total. The Balaban J connectivity index is 1.33. The second-order valence-electron chi connectivity index (χ2n) is 8.59. The molecule has 0 aliphatic carbocycles. The van der Waals surface area contributed by atoms with Crippen molar-refractivity contribution >= 4 is 16.9 Å². The van der Waals surface area contributed by atoms with E-state index in [1.54, 1.807) is 0 Å². The molecule has 0 amide bonds. The van der Waals surface area contributed by atoms with Crippen molar-refractivity contribution in [1.29, 1.82) is 5.26 Å². The lowest BCUT2D eigenvalue weighted by atomic mass is 10.0. The van der Waals surface area contributed by atoms with E-state index in [-0.39, 0.29) is 0 Å². The van der Waals surface area contributed by atoms with Gasteiger partial charge < -0.3 is 15.0 Å². The van der Waals surface area contributed by atoms with Crippen LogP contribution in [0.1, 0.15) is 30.4 Å². The Morgan fingerprint density at radius 2 is 1.94 bits per heavy atom. The van der Waals surface area contributed by atoms with Gasteiger partial charge in [-0.15, -0.1) is 0 Å². The van der Waals surface area contributed by atoms with Gasteiger partial charge in [-0.3, -0.25) is 0 Å². The van der Waals surface area contributed by atoms with Crippen LogP contribution in [-0.2, 0) is 4.74 Å². The number of hydrogen-bond donors (Lipinski definition) is 1. The van der Waals surface area contributed by atoms with Gasteiger partial charge in [-0.1, -0.05) is 12.1 Å². The van der Waals surface area contributed by atoms with E-state index in [2.05, 4.69) is 34.5 Å². The number of pyridine rings is 2. The molecule has 3 aliphatic rings. The fraction of sp³-hybridized carbons (Fsp3) is 0.375. The van der Waals surface area contributed by atoms with Gasteiger partial charge in [0.1, 0.15) is 23.1 Å². The Kier molecular flexibility index (Phi) is 4.48. The molecule has 2 atom stereocenters. The minimum atomic E-state index is 0.573. The molecule has 0 aromatic carbocycles. The SMILES string of the molecule is N#Cc1c(-c2ccc(N3CC4CCC(C3)N4)nc2)nn2cc(C3=CCOCC3)ccc12. The summed E-state index contributed by atoms with van der Waals surface area (Å²) in [5.41, 5.74) is 5.34. The van der Waals surface area contributed by atoms with Crippen molar-refractivity contribution in [3.8, 4) is 17.3 Å². The summed E-state index contributed by atoms with van der Waals surface area (Å²) in [4.78, 5) is 7.09. The highest BCUT2D eigenvalue weighted by Gasteiger charge is 2.32. The third-order valence-corrected chi connectivity index (χ3v) is 6.64. The number of ether oxygens (including phenoxy) is 1. The van der Waals surface area contributed by atoms with Crippen LogP contribution in [-0.4, -0.2) is 53.0 Å². The van der Waals surface area contributed by atoms with Crippen LogP contribution in [0.2, 0.25) is 0 Å². The predicted molar refractivity (Wildman–Crippen MR) is 119 cm³/mol. The van der Waals surface area contributed by atoms with Crippen LogP contribution in [0.4, 0.5) is 5.82 Å². The van der Waals surface area contributed by atoms with Crippen molar-refractivity contribution in [3.05, 3.63) is 53.9 Å². The molecule has 2 unspecified atom stereocenters. The Labute approximate surface area is 181 Å². The van der Waals surface area contributed by atoms with Crippen LogP contribution in [0.5, 0.6) is 0 Å². The van der Waals surface area contributed by atoms with Gasteiger partial charge in [0.2, 0.25) is 0 Å². The molecule has 6 heterocycles. The molecule has 2 saturated heterocycles. The van der Waals surface area contributed by atoms with Crippen LogP contribution in [0, 0.1) is 11.3 Å². The highest BCUT2D eigenvalue weighted by atomic mass is 16.5. The van der Waals surface area contributed by atoms with Gasteiger partial charge in [-0.05, 0) is 48.6 Å². The normalized spacial score (nSPS) is 23.1. The average molecular weight is 412 g/mol. The molecule has 31 heavy (non-hydrogen) atoms. The van der Waals surface area contributed by atoms with Crippen LogP contribution in [0.15, 0.2) is 42.7 Å². The summed E-state index contributed by atoms with van der Waals surface area (Å²) >= 11 is 0. The monoisotopic (exact) mass is 412 g/mol. The van der Waals surface area contributed by atoms with Gasteiger partial charge in [-0.25, -0.2) is 9.50 Å². The molecule has 0 radical (unpaired) electrons. The smallest absolute Gasteiger partial charge is 0.128 e. The molecule has 3 aliphatic heterocycles. The predicted octanol–water partition coefficient (Wildman–Crippen LogP) is 3.01. The fourth-order valence-electron chi connectivity index (χ4n) is 5.04. The standard InChI is InChI=1S/C24H24N6O/c25-11-21-22-5-1-18(16-7-9-31-10-8-16)13-30(22)28-24(21)17-2-6-23(26-12-17)29-14-19-3-4-20(15-29)27-19/h1-2,5-7,12-13,19-20,27H,3-4,8-10,14-15H2. The second-order valence-corrected chi connectivity index (χ2v) is 8.59. The van der Waals surface area contributed by atoms with Gasteiger partial charge in [0, 0.05) is 43.1 Å². The number of nitrogens with zero attached hydrogens (tertiary/aromatic N) is 5. The maximum atomic E-state index is 9.84. The zero-order valence-electron chi connectivity index (χ0n) is 17.3. The molecule has 6 rings (SSSR count). The summed E-state index contributed by atoms with van der Waals surface area (Å²) in [6.07, 6.45) is 9.36. The van der Waals surface area contributed by atoms with E-state index in [9.17, 15) is 5.26 Å². The number of fused-ring (bicyclic) bond motifs is 3. The van der Waals surface area contributed by atoms with E-state index in [0.717, 1.165) is 48.6 Å². The summed E-state index contributed by atoms with van der Waals surface area (Å²) in [6, 6.07) is 11.6. The molecular weight excluding hydrogens is 388 g/mol. The largest absolute Gasteiger partial charge is 0.377 e. The Bertz CT molecular complexity index is 1190. The van der Waals surface area contributed by atoms with Crippen molar-refractivity contribution in [2.75, 3.05) is 31.2 Å². The molecule has 0 spiro atoms. The maximum Gasteiger partial charge on any atom is 0.128 e. The molecular formula is C24H24N6O. The molecule has 3 aromatic heterocycles. The quantitative estimate of drug-likeness (QED) is 0.713. The lowest BCUT2D eigenvalue weighted by molar-refractivity contribution is 0.161. The van der Waals surface area contributed by atoms with E-state index in [0.29, 0.717) is 29.9 Å². The highest BCUT2D eigenvalue weighted by molar-refractivity contribution is 5.78. The summed E-state index contributed by atoms with van der Waals surface area (Å²) in [7, 11) is 0. The van der Waals surface area contributed by atoms with E-state index in [4.69, 9.17) is 14.8 Å². The molecule has 2 fully saturated rings. The van der Waals surface area contributed by atoms with Gasteiger partial charge in [0.05, 0.1) is 18.7 Å². The van der Waals surface area contributed by atoms with Crippen LogP contribution < -0.4 is 10.2 Å². The van der Waals surface area contributed by atoms with Crippen molar-refractivity contribution < 1.29 is 4.74 Å². The lowest BCUT2D eigenvalue weighted by Crippen LogP contribution is -2.51. The van der Waals surface area contributed by atoms with Crippen molar-refractivity contribution in [1.82, 2.24) is 19.9 Å². The minimum absolute atomic E-state index is 0.573. The summed E-state index contributed by atoms with van der Waals surface area (Å²) in [6.45, 7) is 3.40. The second kappa shape index (κ2) is 7.49. The number of aromatic nitrogens is 3. The number of anilines is 1. The molecule has 0 saturated carbocycles. The number of hydrogen-bond acceptors (Lipinski definition) is 6. The van der Waals surface area contributed by atoms with E-state index in [1.165, 1.54) is 18.4 Å². The molecule has 1 N–H and O–H groups in total. The Morgan fingerprint density at radius 3 is 2.65 bits per heavy atom. The summed E-state index contributed by atoms with van der Waals surface area (Å²) in [5, 5.41) is 18.3. The van der Waals surface area contributed by atoms with E-state index in [1.807, 2.05) is 29.0 Å². The first kappa shape index (κ1) is 18.6. The van der Waals surface area contributed by atoms with Gasteiger partial charge in [0.25, 0.3) is 0 Å². The topological polar surface area (TPSA) is 78.5 Å². The first-order chi connectivity index (χ1) is 15.3. The van der Waals surface area contributed by atoms with Crippen molar-refractivity contribution in [2.24, 2.45) is 0 Å². The molecule has 156 valence electrons. The number of rotatable bonds is 3. The molecule has 2 bridgehead atoms. The molecule has 7 heteroatoms. The highest BCUT2D eigenvalue weighted by Crippen LogP contribution is 2.30. The zero-order valence-corrected chi connectivity index (χ0v) is 17.3. The zero-order chi connectivity index (χ0) is 20.8. The van der Waals surface area contributed by atoms with Gasteiger partial charge >= 0.3 is 0 Å². The van der Waals surface area contributed by atoms with E-state index >= 15 is 0 Å². The Morgan fingerprint density at radius 1 is 1.10 bits per heavy atom. The third-order valence-electron chi connectivity index (χ3n) is 6.64. The number of piperazine rings is 1.